The van der Waals surface area contributed by atoms with E-state index in [4.69, 9.17) is 4.74 Å². The van der Waals surface area contributed by atoms with Crippen molar-refractivity contribution in [1.29, 1.82) is 0 Å². The molecular weight excluding hydrogens is 350 g/mol. The van der Waals surface area contributed by atoms with Gasteiger partial charge >= 0.3 is 0 Å². The van der Waals surface area contributed by atoms with Crippen molar-refractivity contribution in [3.8, 4) is 5.75 Å². The number of likely N-dealkylation sites (N-methyl/N-ethyl adjacent to an activating group) is 1. The Balaban J connectivity index is 1.97. The fourth-order valence-corrected chi connectivity index (χ4v) is 2.07. The van der Waals surface area contributed by atoms with E-state index in [-0.39, 0.29) is 30.4 Å². The van der Waals surface area contributed by atoms with E-state index in [0.717, 1.165) is 11.9 Å². The molecule has 0 spiro atoms. The summed E-state index contributed by atoms with van der Waals surface area (Å²) in [6.45, 7) is 0.117. The molecule has 9 heteroatoms. The number of carbonyl (C=O) groups excluding carboxylic acids is 3. The van der Waals surface area contributed by atoms with Crippen LogP contribution >= 0.6 is 0 Å². The molecule has 2 aromatic rings. The molecule has 0 aliphatic carbocycles. The van der Waals surface area contributed by atoms with Gasteiger partial charge in [0.25, 0.3) is 11.8 Å². The zero-order valence-electron chi connectivity index (χ0n) is 15.4. The van der Waals surface area contributed by atoms with Crippen molar-refractivity contribution in [3.05, 3.63) is 53.6 Å². The van der Waals surface area contributed by atoms with Crippen LogP contribution in [0.25, 0.3) is 0 Å². The van der Waals surface area contributed by atoms with Gasteiger partial charge in [-0.3, -0.25) is 14.4 Å². The van der Waals surface area contributed by atoms with Crippen LogP contribution in [0.2, 0.25) is 0 Å². The number of hydrogen-bond donors (Lipinski definition) is 2. The maximum atomic E-state index is 12.3. The summed E-state index contributed by atoms with van der Waals surface area (Å²) >= 11 is 0. The highest BCUT2D eigenvalue weighted by molar-refractivity contribution is 5.98. The van der Waals surface area contributed by atoms with Crippen LogP contribution in [0.3, 0.4) is 0 Å². The highest BCUT2D eigenvalue weighted by Gasteiger charge is 2.14. The first-order valence-electron chi connectivity index (χ1n) is 8.12. The number of benzene rings is 1. The van der Waals surface area contributed by atoms with Gasteiger partial charge in [-0.05, 0) is 17.7 Å². The lowest BCUT2D eigenvalue weighted by Crippen LogP contribution is -2.36. The van der Waals surface area contributed by atoms with Gasteiger partial charge in [0.15, 0.2) is 0 Å². The standard InChI is InChI=1S/C18H21N5O4/c1-23(2)16(24)10-20-18(26)15-8-14(21-11-22-15)17(25)19-9-12-5-4-6-13(7-12)27-3/h4-8,11H,9-10H2,1-3H3,(H,19,25)(H,20,26). The predicted molar refractivity (Wildman–Crippen MR) is 97.2 cm³/mol. The molecule has 0 fully saturated rings. The maximum Gasteiger partial charge on any atom is 0.270 e. The van der Waals surface area contributed by atoms with Crippen molar-refractivity contribution in [3.63, 3.8) is 0 Å². The van der Waals surface area contributed by atoms with Crippen LogP contribution in [0.5, 0.6) is 5.75 Å². The Labute approximate surface area is 156 Å². The smallest absolute Gasteiger partial charge is 0.270 e. The van der Waals surface area contributed by atoms with Crippen LogP contribution in [0, 0.1) is 0 Å². The fourth-order valence-electron chi connectivity index (χ4n) is 2.07. The summed E-state index contributed by atoms with van der Waals surface area (Å²) in [4.78, 5) is 45.0. The highest BCUT2D eigenvalue weighted by atomic mass is 16.5. The predicted octanol–water partition coefficient (Wildman–Crippen LogP) is 0.233. The third-order valence-corrected chi connectivity index (χ3v) is 3.62. The molecule has 2 rings (SSSR count). The van der Waals surface area contributed by atoms with Crippen molar-refractivity contribution < 1.29 is 19.1 Å². The molecule has 0 radical (unpaired) electrons. The molecule has 2 N–H and O–H groups in total. The molecule has 0 unspecified atom stereocenters. The Hall–Kier alpha value is -3.49. The molecule has 1 aromatic carbocycles. The minimum Gasteiger partial charge on any atom is -0.497 e. The van der Waals surface area contributed by atoms with Gasteiger partial charge in [-0.2, -0.15) is 0 Å². The first-order chi connectivity index (χ1) is 12.9. The third kappa shape index (κ3) is 5.77. The Kier molecular flexibility index (Phi) is 6.81. The van der Waals surface area contributed by atoms with Crippen molar-refractivity contribution in [2.75, 3.05) is 27.7 Å². The zero-order chi connectivity index (χ0) is 19.8. The molecule has 0 saturated heterocycles. The average Bonchev–Trinajstić information content (AvgIpc) is 2.70. The molecule has 0 atom stereocenters. The molecule has 27 heavy (non-hydrogen) atoms. The number of nitrogens with one attached hydrogen (secondary N) is 2. The van der Waals surface area contributed by atoms with Gasteiger partial charge in [0.2, 0.25) is 5.91 Å². The Bertz CT molecular complexity index is 838. The average molecular weight is 371 g/mol. The highest BCUT2D eigenvalue weighted by Crippen LogP contribution is 2.12. The van der Waals surface area contributed by atoms with Crippen LogP contribution < -0.4 is 15.4 Å². The quantitative estimate of drug-likeness (QED) is 0.720. The molecule has 1 heterocycles. The van der Waals surface area contributed by atoms with Crippen LogP contribution in [-0.4, -0.2) is 60.3 Å². The topological polar surface area (TPSA) is 114 Å². The van der Waals surface area contributed by atoms with Crippen LogP contribution in [0.15, 0.2) is 36.7 Å². The molecule has 0 aliphatic rings. The molecule has 0 saturated carbocycles. The van der Waals surface area contributed by atoms with Gasteiger partial charge in [0, 0.05) is 26.7 Å². The van der Waals surface area contributed by atoms with Crippen LogP contribution in [0.1, 0.15) is 26.5 Å². The van der Waals surface area contributed by atoms with E-state index in [0.29, 0.717) is 5.75 Å². The SMILES string of the molecule is COc1cccc(CNC(=O)c2cc(C(=O)NCC(=O)N(C)C)ncn2)c1. The number of hydrogen-bond acceptors (Lipinski definition) is 6. The lowest BCUT2D eigenvalue weighted by molar-refractivity contribution is -0.127. The van der Waals surface area contributed by atoms with E-state index < -0.39 is 11.8 Å². The minimum atomic E-state index is -0.561. The maximum absolute atomic E-state index is 12.3. The number of carbonyl (C=O) groups is 3. The lowest BCUT2D eigenvalue weighted by Gasteiger charge is -2.11. The molecular formula is C18H21N5O4. The summed E-state index contributed by atoms with van der Waals surface area (Å²) in [7, 11) is 4.74. The van der Waals surface area contributed by atoms with Crippen molar-refractivity contribution in [1.82, 2.24) is 25.5 Å². The molecule has 3 amide bonds. The summed E-state index contributed by atoms with van der Waals surface area (Å²) in [6, 6.07) is 8.56. The van der Waals surface area contributed by atoms with E-state index in [1.165, 1.54) is 11.0 Å². The van der Waals surface area contributed by atoms with E-state index in [2.05, 4.69) is 20.6 Å². The number of nitrogens with zero attached hydrogens (tertiary/aromatic N) is 3. The summed E-state index contributed by atoms with van der Waals surface area (Å²) in [5, 5.41) is 5.17. The molecule has 1 aromatic heterocycles. The second kappa shape index (κ2) is 9.27. The Morgan fingerprint density at radius 3 is 2.33 bits per heavy atom. The molecule has 0 bridgehead atoms. The third-order valence-electron chi connectivity index (χ3n) is 3.62. The van der Waals surface area contributed by atoms with Gasteiger partial charge in [-0.1, -0.05) is 12.1 Å². The minimum absolute atomic E-state index is 0.00286. The molecule has 142 valence electrons. The number of ether oxygens (including phenoxy) is 1. The molecule has 0 aliphatic heterocycles. The number of methoxy groups -OCH3 is 1. The summed E-state index contributed by atoms with van der Waals surface area (Å²) < 4.78 is 5.14. The summed E-state index contributed by atoms with van der Waals surface area (Å²) in [5.41, 5.74) is 0.914. The van der Waals surface area contributed by atoms with E-state index in [1.54, 1.807) is 27.3 Å². The fraction of sp³-hybridized carbons (Fsp3) is 0.278. The van der Waals surface area contributed by atoms with E-state index >= 15 is 0 Å². The zero-order valence-corrected chi connectivity index (χ0v) is 15.4. The number of aromatic nitrogens is 2. The van der Waals surface area contributed by atoms with Gasteiger partial charge in [-0.15, -0.1) is 0 Å². The molecule has 9 nitrogen and oxygen atoms in total. The summed E-state index contributed by atoms with van der Waals surface area (Å²) in [6.07, 6.45) is 1.13. The first-order valence-corrected chi connectivity index (χ1v) is 8.12. The monoisotopic (exact) mass is 371 g/mol. The van der Waals surface area contributed by atoms with Gasteiger partial charge in [-0.25, -0.2) is 9.97 Å². The van der Waals surface area contributed by atoms with Gasteiger partial charge in [0.05, 0.1) is 13.7 Å². The number of amides is 3. The van der Waals surface area contributed by atoms with Crippen molar-refractivity contribution in [2.24, 2.45) is 0 Å². The van der Waals surface area contributed by atoms with Gasteiger partial charge in [0.1, 0.15) is 23.5 Å². The Morgan fingerprint density at radius 2 is 1.70 bits per heavy atom. The van der Waals surface area contributed by atoms with E-state index in [9.17, 15) is 14.4 Å². The number of rotatable bonds is 7. The second-order valence-electron chi connectivity index (χ2n) is 5.79. The van der Waals surface area contributed by atoms with Crippen LogP contribution in [0.4, 0.5) is 0 Å². The lowest BCUT2D eigenvalue weighted by atomic mass is 10.2. The Morgan fingerprint density at radius 1 is 1.04 bits per heavy atom. The largest absolute Gasteiger partial charge is 0.497 e. The normalized spacial score (nSPS) is 10.0. The first kappa shape index (κ1) is 19.8. The van der Waals surface area contributed by atoms with Crippen molar-refractivity contribution in [2.45, 2.75) is 6.54 Å². The van der Waals surface area contributed by atoms with Crippen LogP contribution in [-0.2, 0) is 11.3 Å². The van der Waals surface area contributed by atoms with E-state index in [1.807, 2.05) is 18.2 Å². The van der Waals surface area contributed by atoms with Gasteiger partial charge < -0.3 is 20.3 Å². The summed E-state index contributed by atoms with van der Waals surface area (Å²) in [5.74, 6) is -0.572. The van der Waals surface area contributed by atoms with Crippen molar-refractivity contribution >= 4 is 17.7 Å². The second-order valence-corrected chi connectivity index (χ2v) is 5.79.